The maximum Gasteiger partial charge on any atom is 0.240 e. The Bertz CT molecular complexity index is 928. The fraction of sp³-hybridized carbons (Fsp3) is 0.333. The number of carbonyl (C=O) groups is 1. The zero-order chi connectivity index (χ0) is 17.9. The van der Waals surface area contributed by atoms with Crippen LogP contribution in [0.4, 0.5) is 0 Å². The van der Waals surface area contributed by atoms with Crippen molar-refractivity contribution in [2.24, 2.45) is 0 Å². The average Bonchev–Trinajstić information content (AvgIpc) is 3.26. The van der Waals surface area contributed by atoms with Gasteiger partial charge in [0, 0.05) is 17.5 Å². The molecular weight excluding hydrogens is 346 g/mol. The van der Waals surface area contributed by atoms with Gasteiger partial charge in [0.2, 0.25) is 5.91 Å². The van der Waals surface area contributed by atoms with E-state index in [1.807, 2.05) is 53.1 Å². The molecule has 0 unspecified atom stereocenters. The van der Waals surface area contributed by atoms with Gasteiger partial charge < -0.3 is 9.88 Å². The molecule has 1 N–H and O–H groups in total. The van der Waals surface area contributed by atoms with Gasteiger partial charge >= 0.3 is 0 Å². The lowest BCUT2D eigenvalue weighted by atomic mass is 10.1. The van der Waals surface area contributed by atoms with E-state index in [2.05, 4.69) is 5.32 Å². The molecule has 5 heteroatoms. The Morgan fingerprint density at radius 2 is 1.85 bits per heavy atom. The van der Waals surface area contributed by atoms with Crippen molar-refractivity contribution in [2.45, 2.75) is 44.7 Å². The SMILES string of the molecule is O=C(Cn1c(Cc2ccccc2Cl)nc2ccccc21)NC1CCCC1. The first-order valence-electron chi connectivity index (χ1n) is 9.17. The fourth-order valence-electron chi connectivity index (χ4n) is 3.74. The number of nitrogens with one attached hydrogen (secondary N) is 1. The summed E-state index contributed by atoms with van der Waals surface area (Å²) < 4.78 is 2.02. The Morgan fingerprint density at radius 3 is 2.65 bits per heavy atom. The number of amides is 1. The number of hydrogen-bond donors (Lipinski definition) is 1. The highest BCUT2D eigenvalue weighted by molar-refractivity contribution is 6.31. The lowest BCUT2D eigenvalue weighted by Gasteiger charge is -2.14. The van der Waals surface area contributed by atoms with Crippen molar-refractivity contribution in [3.63, 3.8) is 0 Å². The highest BCUT2D eigenvalue weighted by Crippen LogP contribution is 2.23. The van der Waals surface area contributed by atoms with E-state index in [-0.39, 0.29) is 12.5 Å². The van der Waals surface area contributed by atoms with E-state index in [1.54, 1.807) is 0 Å². The molecule has 26 heavy (non-hydrogen) atoms. The number of rotatable bonds is 5. The Labute approximate surface area is 158 Å². The Morgan fingerprint density at radius 1 is 1.12 bits per heavy atom. The van der Waals surface area contributed by atoms with Gasteiger partial charge in [0.15, 0.2) is 0 Å². The largest absolute Gasteiger partial charge is 0.352 e. The molecule has 0 bridgehead atoms. The van der Waals surface area contributed by atoms with Gasteiger partial charge in [0.25, 0.3) is 0 Å². The molecule has 1 aliphatic rings. The van der Waals surface area contributed by atoms with E-state index in [4.69, 9.17) is 16.6 Å². The van der Waals surface area contributed by atoms with Crippen molar-refractivity contribution in [1.82, 2.24) is 14.9 Å². The van der Waals surface area contributed by atoms with Gasteiger partial charge in [0.1, 0.15) is 12.4 Å². The zero-order valence-corrected chi connectivity index (χ0v) is 15.4. The quantitative estimate of drug-likeness (QED) is 0.729. The fourth-order valence-corrected chi connectivity index (χ4v) is 3.94. The van der Waals surface area contributed by atoms with Crippen LogP contribution in [0.2, 0.25) is 5.02 Å². The van der Waals surface area contributed by atoms with Gasteiger partial charge in [-0.25, -0.2) is 4.98 Å². The molecule has 1 fully saturated rings. The summed E-state index contributed by atoms with van der Waals surface area (Å²) >= 11 is 6.33. The number of para-hydroxylation sites is 2. The molecule has 1 aliphatic carbocycles. The normalized spacial score (nSPS) is 14.8. The molecule has 1 heterocycles. The van der Waals surface area contributed by atoms with Gasteiger partial charge in [-0.15, -0.1) is 0 Å². The lowest BCUT2D eigenvalue weighted by Crippen LogP contribution is -2.35. The summed E-state index contributed by atoms with van der Waals surface area (Å²) in [6.07, 6.45) is 5.18. The third kappa shape index (κ3) is 3.61. The van der Waals surface area contributed by atoms with Crippen molar-refractivity contribution in [2.75, 3.05) is 0 Å². The zero-order valence-electron chi connectivity index (χ0n) is 14.6. The van der Waals surface area contributed by atoms with E-state index in [0.29, 0.717) is 12.5 Å². The predicted molar refractivity (Wildman–Crippen MR) is 104 cm³/mol. The van der Waals surface area contributed by atoms with Gasteiger partial charge in [-0.1, -0.05) is 54.8 Å². The number of carbonyl (C=O) groups excluding carboxylic acids is 1. The first-order valence-corrected chi connectivity index (χ1v) is 9.55. The summed E-state index contributed by atoms with van der Waals surface area (Å²) in [4.78, 5) is 17.4. The molecule has 3 aromatic rings. The van der Waals surface area contributed by atoms with E-state index in [1.165, 1.54) is 12.8 Å². The molecule has 134 valence electrons. The third-order valence-electron chi connectivity index (χ3n) is 5.06. The van der Waals surface area contributed by atoms with Crippen molar-refractivity contribution >= 4 is 28.5 Å². The van der Waals surface area contributed by atoms with Gasteiger partial charge in [-0.3, -0.25) is 4.79 Å². The van der Waals surface area contributed by atoms with Crippen LogP contribution in [0.15, 0.2) is 48.5 Å². The van der Waals surface area contributed by atoms with Crippen molar-refractivity contribution < 1.29 is 4.79 Å². The summed E-state index contributed by atoms with van der Waals surface area (Å²) in [5.41, 5.74) is 2.90. The maximum atomic E-state index is 12.6. The van der Waals surface area contributed by atoms with Gasteiger partial charge in [0.05, 0.1) is 11.0 Å². The minimum absolute atomic E-state index is 0.0560. The van der Waals surface area contributed by atoms with Crippen LogP contribution in [-0.4, -0.2) is 21.5 Å². The molecule has 0 spiro atoms. The van der Waals surface area contributed by atoms with E-state index >= 15 is 0 Å². The summed E-state index contributed by atoms with van der Waals surface area (Å²) in [6.45, 7) is 0.288. The predicted octanol–water partition coefficient (Wildman–Crippen LogP) is 4.34. The number of hydrogen-bond acceptors (Lipinski definition) is 2. The van der Waals surface area contributed by atoms with Crippen molar-refractivity contribution in [3.8, 4) is 0 Å². The molecule has 0 saturated heterocycles. The summed E-state index contributed by atoms with van der Waals surface area (Å²) in [5, 5.41) is 3.89. The van der Waals surface area contributed by atoms with E-state index in [0.717, 1.165) is 40.3 Å². The topological polar surface area (TPSA) is 46.9 Å². The van der Waals surface area contributed by atoms with Crippen LogP contribution in [0.25, 0.3) is 11.0 Å². The molecule has 4 nitrogen and oxygen atoms in total. The lowest BCUT2D eigenvalue weighted by molar-refractivity contribution is -0.122. The number of halogens is 1. The third-order valence-corrected chi connectivity index (χ3v) is 5.43. The van der Waals surface area contributed by atoms with Crippen LogP contribution in [0.3, 0.4) is 0 Å². The monoisotopic (exact) mass is 367 g/mol. The number of aromatic nitrogens is 2. The second-order valence-corrected chi connectivity index (χ2v) is 7.33. The molecule has 2 aromatic carbocycles. The van der Waals surface area contributed by atoms with Crippen LogP contribution >= 0.6 is 11.6 Å². The second-order valence-electron chi connectivity index (χ2n) is 6.92. The number of imidazole rings is 1. The Kier molecular flexibility index (Phi) is 4.93. The van der Waals surface area contributed by atoms with Crippen molar-refractivity contribution in [1.29, 1.82) is 0 Å². The number of benzene rings is 2. The number of fused-ring (bicyclic) bond motifs is 1. The molecule has 0 aliphatic heterocycles. The molecule has 1 amide bonds. The maximum absolute atomic E-state index is 12.6. The van der Waals surface area contributed by atoms with Gasteiger partial charge in [-0.05, 0) is 36.6 Å². The van der Waals surface area contributed by atoms with E-state index < -0.39 is 0 Å². The summed E-state index contributed by atoms with van der Waals surface area (Å²) in [6, 6.07) is 16.1. The van der Waals surface area contributed by atoms with Crippen LogP contribution in [0.1, 0.15) is 37.1 Å². The average molecular weight is 368 g/mol. The minimum atomic E-state index is 0.0560. The standard InChI is InChI=1S/C21H22ClN3O/c22-17-10-4-1-7-15(17)13-20-24-18-11-5-6-12-19(18)25(20)14-21(26)23-16-8-2-3-9-16/h1,4-7,10-12,16H,2-3,8-9,13-14H2,(H,23,26). The molecular formula is C21H22ClN3O. The van der Waals surface area contributed by atoms with Crippen LogP contribution in [0.5, 0.6) is 0 Å². The van der Waals surface area contributed by atoms with Crippen LogP contribution in [0, 0.1) is 0 Å². The first-order chi connectivity index (χ1) is 12.7. The second kappa shape index (κ2) is 7.50. The molecule has 1 aromatic heterocycles. The highest BCUT2D eigenvalue weighted by atomic mass is 35.5. The minimum Gasteiger partial charge on any atom is -0.352 e. The summed E-state index contributed by atoms with van der Waals surface area (Å²) in [7, 11) is 0. The highest BCUT2D eigenvalue weighted by Gasteiger charge is 2.19. The Balaban J connectivity index is 1.63. The van der Waals surface area contributed by atoms with Crippen LogP contribution in [-0.2, 0) is 17.8 Å². The van der Waals surface area contributed by atoms with Gasteiger partial charge in [-0.2, -0.15) is 0 Å². The summed E-state index contributed by atoms with van der Waals surface area (Å²) in [5.74, 6) is 0.918. The molecule has 0 radical (unpaired) electrons. The number of nitrogens with zero attached hydrogens (tertiary/aromatic N) is 2. The van der Waals surface area contributed by atoms with Crippen molar-refractivity contribution in [3.05, 3.63) is 64.9 Å². The van der Waals surface area contributed by atoms with Crippen LogP contribution < -0.4 is 5.32 Å². The first kappa shape index (κ1) is 17.1. The smallest absolute Gasteiger partial charge is 0.240 e. The molecule has 4 rings (SSSR count). The Hall–Kier alpha value is -2.33. The van der Waals surface area contributed by atoms with E-state index in [9.17, 15) is 4.79 Å². The molecule has 0 atom stereocenters. The molecule has 1 saturated carbocycles.